The summed E-state index contributed by atoms with van der Waals surface area (Å²) in [5.41, 5.74) is 7.73. The van der Waals surface area contributed by atoms with Crippen molar-refractivity contribution >= 4 is 11.5 Å². The predicted octanol–water partition coefficient (Wildman–Crippen LogP) is 2.78. The highest BCUT2D eigenvalue weighted by Gasteiger charge is 2.12. The van der Waals surface area contributed by atoms with Crippen molar-refractivity contribution in [2.45, 2.75) is 33.4 Å². The van der Waals surface area contributed by atoms with Crippen molar-refractivity contribution < 1.29 is 0 Å². The van der Waals surface area contributed by atoms with Crippen LogP contribution in [0.25, 0.3) is 0 Å². The first-order chi connectivity index (χ1) is 9.06. The molecule has 4 heteroatoms. The van der Waals surface area contributed by atoms with Crippen molar-refractivity contribution in [3.05, 3.63) is 47.9 Å². The Morgan fingerprint density at radius 3 is 2.42 bits per heavy atom. The fourth-order valence-corrected chi connectivity index (χ4v) is 1.95. The van der Waals surface area contributed by atoms with E-state index in [0.29, 0.717) is 6.04 Å². The van der Waals surface area contributed by atoms with E-state index in [4.69, 9.17) is 5.73 Å². The lowest BCUT2D eigenvalue weighted by atomic mass is 10.1. The zero-order valence-electron chi connectivity index (χ0n) is 11.7. The molecule has 4 nitrogen and oxygen atoms in total. The minimum absolute atomic E-state index is 0.367. The van der Waals surface area contributed by atoms with Gasteiger partial charge in [-0.3, -0.25) is 0 Å². The first-order valence-electron chi connectivity index (χ1n) is 6.47. The van der Waals surface area contributed by atoms with Crippen LogP contribution in [0.5, 0.6) is 0 Å². The van der Waals surface area contributed by atoms with Gasteiger partial charge in [0.05, 0.1) is 0 Å². The van der Waals surface area contributed by atoms with Crippen LogP contribution in [0.2, 0.25) is 0 Å². The fraction of sp³-hybridized carbons (Fsp3) is 0.333. The average Bonchev–Trinajstić information content (AvgIpc) is 2.37. The number of nitrogens with two attached hydrogens (primary N) is 1. The van der Waals surface area contributed by atoms with Crippen LogP contribution in [0.4, 0.5) is 11.5 Å². The molecule has 2 rings (SSSR count). The normalized spacial score (nSPS) is 10.7. The number of hydrogen-bond donors (Lipinski definition) is 1. The Hall–Kier alpha value is -2.10. The van der Waals surface area contributed by atoms with Gasteiger partial charge in [0.25, 0.3) is 0 Å². The van der Waals surface area contributed by atoms with Gasteiger partial charge < -0.3 is 10.6 Å². The number of aryl methyl sites for hydroxylation is 1. The van der Waals surface area contributed by atoms with Gasteiger partial charge >= 0.3 is 0 Å². The summed E-state index contributed by atoms with van der Waals surface area (Å²) in [6, 6.07) is 10.3. The zero-order valence-corrected chi connectivity index (χ0v) is 11.7. The number of nitrogen functional groups attached to an aromatic ring is 1. The van der Waals surface area contributed by atoms with Gasteiger partial charge in [0.1, 0.15) is 11.6 Å². The molecular formula is C15H20N4. The monoisotopic (exact) mass is 256 g/mol. The summed E-state index contributed by atoms with van der Waals surface area (Å²) in [7, 11) is 0. The van der Waals surface area contributed by atoms with E-state index in [-0.39, 0.29) is 0 Å². The van der Waals surface area contributed by atoms with Crippen molar-refractivity contribution in [3.63, 3.8) is 0 Å². The molecule has 0 saturated carbocycles. The molecule has 0 spiro atoms. The molecule has 0 bridgehead atoms. The highest BCUT2D eigenvalue weighted by Crippen LogP contribution is 2.18. The summed E-state index contributed by atoms with van der Waals surface area (Å²) in [5.74, 6) is 1.75. The molecule has 100 valence electrons. The van der Waals surface area contributed by atoms with E-state index in [1.54, 1.807) is 6.20 Å². The van der Waals surface area contributed by atoms with Crippen LogP contribution in [0, 0.1) is 6.92 Å². The Morgan fingerprint density at radius 2 is 1.84 bits per heavy atom. The minimum atomic E-state index is 0.367. The second-order valence-electron chi connectivity index (χ2n) is 4.93. The Balaban J connectivity index is 2.23. The zero-order chi connectivity index (χ0) is 13.8. The topological polar surface area (TPSA) is 55.0 Å². The number of nitrogens with zero attached hydrogens (tertiary/aromatic N) is 3. The second kappa shape index (κ2) is 5.69. The van der Waals surface area contributed by atoms with Crippen LogP contribution in [0.1, 0.15) is 25.2 Å². The van der Waals surface area contributed by atoms with Gasteiger partial charge in [0.15, 0.2) is 0 Å². The molecule has 1 aromatic heterocycles. The van der Waals surface area contributed by atoms with Crippen molar-refractivity contribution in [2.75, 3.05) is 10.6 Å². The van der Waals surface area contributed by atoms with Crippen molar-refractivity contribution in [3.8, 4) is 0 Å². The van der Waals surface area contributed by atoms with Gasteiger partial charge in [0, 0.05) is 24.5 Å². The summed E-state index contributed by atoms with van der Waals surface area (Å²) < 4.78 is 0. The van der Waals surface area contributed by atoms with Gasteiger partial charge in [-0.05, 0) is 44.5 Å². The Bertz CT molecular complexity index is 534. The molecule has 0 atom stereocenters. The first kappa shape index (κ1) is 13.3. The maximum Gasteiger partial charge on any atom is 0.132 e. The quantitative estimate of drug-likeness (QED) is 0.855. The van der Waals surface area contributed by atoms with E-state index >= 15 is 0 Å². The molecule has 0 aliphatic heterocycles. The number of hydrogen-bond acceptors (Lipinski definition) is 4. The predicted molar refractivity (Wildman–Crippen MR) is 78.9 cm³/mol. The smallest absolute Gasteiger partial charge is 0.132 e. The van der Waals surface area contributed by atoms with Gasteiger partial charge in [-0.1, -0.05) is 12.1 Å². The number of benzene rings is 1. The van der Waals surface area contributed by atoms with Crippen LogP contribution in [0.3, 0.4) is 0 Å². The Kier molecular flexibility index (Phi) is 4.00. The highest BCUT2D eigenvalue weighted by molar-refractivity contribution is 5.43. The van der Waals surface area contributed by atoms with Crippen LogP contribution < -0.4 is 10.6 Å². The Morgan fingerprint density at radius 1 is 1.16 bits per heavy atom. The molecule has 1 heterocycles. The van der Waals surface area contributed by atoms with Gasteiger partial charge in [-0.15, -0.1) is 0 Å². The maximum absolute atomic E-state index is 5.71. The minimum Gasteiger partial charge on any atom is -0.399 e. The standard InChI is InChI=1S/C15H20N4/c1-11(2)19(15-8-9-17-12(3)18-15)10-13-4-6-14(16)7-5-13/h4-9,11H,10,16H2,1-3H3. The summed E-state index contributed by atoms with van der Waals surface area (Å²) in [6.07, 6.45) is 1.80. The van der Waals surface area contributed by atoms with Gasteiger partial charge in [-0.2, -0.15) is 0 Å². The van der Waals surface area contributed by atoms with E-state index in [9.17, 15) is 0 Å². The van der Waals surface area contributed by atoms with Crippen LogP contribution >= 0.6 is 0 Å². The lowest BCUT2D eigenvalue weighted by Gasteiger charge is -2.28. The third-order valence-corrected chi connectivity index (χ3v) is 3.01. The van der Waals surface area contributed by atoms with Crippen molar-refractivity contribution in [2.24, 2.45) is 0 Å². The summed E-state index contributed by atoms with van der Waals surface area (Å²) >= 11 is 0. The van der Waals surface area contributed by atoms with Gasteiger partial charge in [-0.25, -0.2) is 9.97 Å². The molecule has 2 N–H and O–H groups in total. The van der Waals surface area contributed by atoms with E-state index in [1.165, 1.54) is 5.56 Å². The fourth-order valence-electron chi connectivity index (χ4n) is 1.95. The number of anilines is 2. The first-order valence-corrected chi connectivity index (χ1v) is 6.47. The van der Waals surface area contributed by atoms with Crippen LogP contribution in [-0.2, 0) is 6.54 Å². The molecule has 0 fully saturated rings. The van der Waals surface area contributed by atoms with E-state index in [2.05, 4.69) is 40.8 Å². The maximum atomic E-state index is 5.71. The molecule has 0 aliphatic carbocycles. The molecule has 2 aromatic rings. The third kappa shape index (κ3) is 3.44. The summed E-state index contributed by atoms with van der Waals surface area (Å²) in [5, 5.41) is 0. The molecule has 19 heavy (non-hydrogen) atoms. The Labute approximate surface area is 114 Å². The molecule has 1 aromatic carbocycles. The third-order valence-electron chi connectivity index (χ3n) is 3.01. The number of rotatable bonds is 4. The molecule has 0 aliphatic rings. The summed E-state index contributed by atoms with van der Waals surface area (Å²) in [4.78, 5) is 10.9. The van der Waals surface area contributed by atoms with Crippen molar-refractivity contribution in [1.82, 2.24) is 9.97 Å². The van der Waals surface area contributed by atoms with Gasteiger partial charge in [0.2, 0.25) is 0 Å². The van der Waals surface area contributed by atoms with Crippen molar-refractivity contribution in [1.29, 1.82) is 0 Å². The summed E-state index contributed by atoms with van der Waals surface area (Å²) in [6.45, 7) is 7.04. The van der Waals surface area contributed by atoms with E-state index in [0.717, 1.165) is 23.9 Å². The van der Waals surface area contributed by atoms with E-state index in [1.807, 2.05) is 25.1 Å². The van der Waals surface area contributed by atoms with Crippen LogP contribution in [-0.4, -0.2) is 16.0 Å². The molecule has 0 unspecified atom stereocenters. The lowest BCUT2D eigenvalue weighted by molar-refractivity contribution is 0.669. The second-order valence-corrected chi connectivity index (χ2v) is 4.93. The molecule has 0 radical (unpaired) electrons. The molecule has 0 saturated heterocycles. The number of aromatic nitrogens is 2. The van der Waals surface area contributed by atoms with E-state index < -0.39 is 0 Å². The lowest BCUT2D eigenvalue weighted by Crippen LogP contribution is -2.31. The molecular weight excluding hydrogens is 236 g/mol. The largest absolute Gasteiger partial charge is 0.399 e. The SMILES string of the molecule is Cc1nccc(N(Cc2ccc(N)cc2)C(C)C)n1. The van der Waals surface area contributed by atoms with Crippen LogP contribution in [0.15, 0.2) is 36.5 Å². The molecule has 0 amide bonds. The highest BCUT2D eigenvalue weighted by atomic mass is 15.2. The average molecular weight is 256 g/mol.